The fourth-order valence-electron chi connectivity index (χ4n) is 1.19. The highest BCUT2D eigenvalue weighted by atomic mass is 16.6. The van der Waals surface area contributed by atoms with E-state index >= 15 is 0 Å². The molecule has 0 aromatic heterocycles. The van der Waals surface area contributed by atoms with Crippen LogP contribution in [0, 0.1) is 17.8 Å². The molecular formula is C9H13NO3. The summed E-state index contributed by atoms with van der Waals surface area (Å²) in [5.74, 6) is -0.845. The maximum Gasteiger partial charge on any atom is 0.317 e. The Morgan fingerprint density at radius 3 is 2.54 bits per heavy atom. The normalized spacial score (nSPS) is 20.4. The first-order chi connectivity index (χ1) is 6.24. The van der Waals surface area contributed by atoms with Crippen molar-refractivity contribution in [3.8, 4) is 6.57 Å². The number of carbonyl (C=O) groups is 2. The molecule has 1 aliphatic rings. The van der Waals surface area contributed by atoms with Gasteiger partial charge in [0.05, 0.1) is 12.3 Å². The predicted molar refractivity (Wildman–Crippen MR) is 45.4 cm³/mol. The molecule has 0 amide bonds. The van der Waals surface area contributed by atoms with Crippen LogP contribution in [0.15, 0.2) is 0 Å². The standard InChI is InChI=1S/C8H12O3.CHN/c1-2-3-4-6-5-7(9)11-8(6)10;1-2/h6H,2-5H2,1H3;1H. The largest absolute Gasteiger partial charge is 0.393 e. The Labute approximate surface area is 77.5 Å². The van der Waals surface area contributed by atoms with E-state index in [2.05, 4.69) is 18.2 Å². The molecule has 72 valence electrons. The summed E-state index contributed by atoms with van der Waals surface area (Å²) in [4.78, 5) is 21.4. The molecule has 0 bridgehead atoms. The van der Waals surface area contributed by atoms with Gasteiger partial charge in [0.1, 0.15) is 0 Å². The van der Waals surface area contributed by atoms with E-state index in [0.717, 1.165) is 19.3 Å². The Morgan fingerprint density at radius 2 is 2.15 bits per heavy atom. The fraction of sp³-hybridized carbons (Fsp3) is 0.667. The summed E-state index contributed by atoms with van der Waals surface area (Å²) >= 11 is 0. The molecular weight excluding hydrogens is 170 g/mol. The lowest BCUT2D eigenvalue weighted by Gasteiger charge is -2.00. The summed E-state index contributed by atoms with van der Waals surface area (Å²) in [5.41, 5.74) is 0. The molecule has 13 heavy (non-hydrogen) atoms. The van der Waals surface area contributed by atoms with Gasteiger partial charge in [0.15, 0.2) is 0 Å². The maximum absolute atomic E-state index is 10.8. The van der Waals surface area contributed by atoms with E-state index in [0.29, 0.717) is 6.42 Å². The topological polar surface area (TPSA) is 67.2 Å². The molecule has 0 saturated carbocycles. The second-order valence-corrected chi connectivity index (χ2v) is 2.84. The number of hydrogen-bond donors (Lipinski definition) is 0. The number of cyclic esters (lactones) is 2. The fourth-order valence-corrected chi connectivity index (χ4v) is 1.19. The average molecular weight is 183 g/mol. The first-order valence-electron chi connectivity index (χ1n) is 4.24. The van der Waals surface area contributed by atoms with Crippen molar-refractivity contribution in [2.75, 3.05) is 0 Å². The number of rotatable bonds is 3. The third-order valence-corrected chi connectivity index (χ3v) is 1.87. The van der Waals surface area contributed by atoms with Crippen molar-refractivity contribution in [3.05, 3.63) is 0 Å². The first kappa shape index (κ1) is 11.6. The second-order valence-electron chi connectivity index (χ2n) is 2.84. The van der Waals surface area contributed by atoms with Crippen molar-refractivity contribution < 1.29 is 14.3 Å². The van der Waals surface area contributed by atoms with Crippen molar-refractivity contribution in [1.29, 1.82) is 5.26 Å². The third kappa shape index (κ3) is 3.70. The third-order valence-electron chi connectivity index (χ3n) is 1.87. The van der Waals surface area contributed by atoms with Crippen LogP contribution in [-0.4, -0.2) is 11.9 Å². The monoisotopic (exact) mass is 183 g/mol. The van der Waals surface area contributed by atoms with Crippen LogP contribution in [0.2, 0.25) is 0 Å². The van der Waals surface area contributed by atoms with E-state index < -0.39 is 0 Å². The van der Waals surface area contributed by atoms with Crippen molar-refractivity contribution in [2.45, 2.75) is 32.6 Å². The number of ether oxygens (including phenoxy) is 1. The molecule has 1 unspecified atom stereocenters. The Morgan fingerprint density at radius 1 is 1.54 bits per heavy atom. The summed E-state index contributed by atoms with van der Waals surface area (Å²) in [6, 6.07) is 0. The van der Waals surface area contributed by atoms with Gasteiger partial charge in [0, 0.05) is 6.57 Å². The molecule has 1 aliphatic heterocycles. The van der Waals surface area contributed by atoms with Gasteiger partial charge in [0.2, 0.25) is 0 Å². The number of hydrogen-bond acceptors (Lipinski definition) is 4. The van der Waals surface area contributed by atoms with E-state index in [1.54, 1.807) is 0 Å². The van der Waals surface area contributed by atoms with Gasteiger partial charge in [-0.1, -0.05) is 19.8 Å². The number of unbranched alkanes of at least 4 members (excludes halogenated alkanes) is 1. The van der Waals surface area contributed by atoms with Crippen LogP contribution in [0.3, 0.4) is 0 Å². The van der Waals surface area contributed by atoms with Gasteiger partial charge in [-0.3, -0.25) is 9.59 Å². The van der Waals surface area contributed by atoms with Gasteiger partial charge in [-0.15, -0.1) is 0 Å². The summed E-state index contributed by atoms with van der Waals surface area (Å²) in [5, 5.41) is 6.50. The van der Waals surface area contributed by atoms with Crippen molar-refractivity contribution in [3.63, 3.8) is 0 Å². The molecule has 1 fully saturated rings. The number of esters is 2. The van der Waals surface area contributed by atoms with Crippen molar-refractivity contribution in [1.82, 2.24) is 0 Å². The number of carbonyl (C=O) groups excluding carboxylic acids is 2. The molecule has 1 saturated heterocycles. The summed E-state index contributed by atoms with van der Waals surface area (Å²) in [6.45, 7) is 5.56. The predicted octanol–water partition coefficient (Wildman–Crippen LogP) is 1.41. The van der Waals surface area contributed by atoms with Crippen LogP contribution >= 0.6 is 0 Å². The van der Waals surface area contributed by atoms with Crippen LogP contribution in [0.25, 0.3) is 0 Å². The smallest absolute Gasteiger partial charge is 0.317 e. The number of nitrogens with zero attached hydrogens (tertiary/aromatic N) is 1. The lowest BCUT2D eigenvalue weighted by atomic mass is 10.0. The van der Waals surface area contributed by atoms with E-state index in [-0.39, 0.29) is 17.9 Å². The number of nitriles is 1. The molecule has 0 aromatic carbocycles. The molecule has 0 radical (unpaired) electrons. The highest BCUT2D eigenvalue weighted by Gasteiger charge is 2.32. The molecule has 0 aliphatic carbocycles. The minimum atomic E-state index is -0.365. The first-order valence-corrected chi connectivity index (χ1v) is 4.24. The van der Waals surface area contributed by atoms with Gasteiger partial charge >= 0.3 is 11.9 Å². The van der Waals surface area contributed by atoms with Gasteiger partial charge in [-0.25, -0.2) is 5.26 Å². The summed E-state index contributed by atoms with van der Waals surface area (Å²) in [6.07, 6.45) is 3.13. The zero-order chi connectivity index (χ0) is 10.3. The minimum absolute atomic E-state index is 0.151. The Hall–Kier alpha value is -1.37. The molecule has 0 N–H and O–H groups in total. The van der Waals surface area contributed by atoms with Crippen LogP contribution < -0.4 is 0 Å². The van der Waals surface area contributed by atoms with Crippen LogP contribution in [-0.2, 0) is 14.3 Å². The van der Waals surface area contributed by atoms with E-state index in [1.165, 1.54) is 0 Å². The summed E-state index contributed by atoms with van der Waals surface area (Å²) < 4.78 is 4.39. The lowest BCUT2D eigenvalue weighted by Crippen LogP contribution is -2.06. The Bertz CT molecular complexity index is 210. The highest BCUT2D eigenvalue weighted by Crippen LogP contribution is 2.21. The quantitative estimate of drug-likeness (QED) is 0.490. The maximum atomic E-state index is 10.8. The van der Waals surface area contributed by atoms with Gasteiger partial charge in [-0.05, 0) is 6.42 Å². The second kappa shape index (κ2) is 6.18. The Balaban J connectivity index is 0.000000671. The average Bonchev–Trinajstić information content (AvgIpc) is 2.45. The van der Waals surface area contributed by atoms with Crippen LogP contribution in [0.1, 0.15) is 32.6 Å². The highest BCUT2D eigenvalue weighted by molar-refractivity contribution is 5.94. The minimum Gasteiger partial charge on any atom is -0.393 e. The molecule has 1 atom stereocenters. The molecule has 1 rings (SSSR count). The molecule has 0 spiro atoms. The van der Waals surface area contributed by atoms with Gasteiger partial charge in [0.25, 0.3) is 0 Å². The molecule has 4 nitrogen and oxygen atoms in total. The SMILES string of the molecule is C#N.CCCCC1CC(=O)OC1=O. The van der Waals surface area contributed by atoms with Crippen LogP contribution in [0.4, 0.5) is 0 Å². The van der Waals surface area contributed by atoms with Crippen molar-refractivity contribution in [2.24, 2.45) is 5.92 Å². The van der Waals surface area contributed by atoms with Gasteiger partial charge < -0.3 is 4.74 Å². The van der Waals surface area contributed by atoms with E-state index in [1.807, 2.05) is 0 Å². The lowest BCUT2D eigenvalue weighted by molar-refractivity contribution is -0.153. The van der Waals surface area contributed by atoms with E-state index in [4.69, 9.17) is 5.26 Å². The zero-order valence-corrected chi connectivity index (χ0v) is 7.66. The van der Waals surface area contributed by atoms with Gasteiger partial charge in [-0.2, -0.15) is 0 Å². The van der Waals surface area contributed by atoms with E-state index in [9.17, 15) is 9.59 Å². The zero-order valence-electron chi connectivity index (χ0n) is 7.66. The Kier molecular flexibility index (Phi) is 5.53. The van der Waals surface area contributed by atoms with Crippen LogP contribution in [0.5, 0.6) is 0 Å². The summed E-state index contributed by atoms with van der Waals surface area (Å²) in [7, 11) is 0. The van der Waals surface area contributed by atoms with Crippen molar-refractivity contribution >= 4 is 11.9 Å². The molecule has 4 heteroatoms. The molecule has 0 aromatic rings. The molecule has 1 heterocycles.